The zero-order chi connectivity index (χ0) is 32.5. The number of hydrogen-bond donors (Lipinski definition) is 3. The second-order valence-electron chi connectivity index (χ2n) is 12.7. The summed E-state index contributed by atoms with van der Waals surface area (Å²) in [5.74, 6) is 0.963. The molecule has 1 aromatic heterocycles. The summed E-state index contributed by atoms with van der Waals surface area (Å²) >= 11 is 6.25. The summed E-state index contributed by atoms with van der Waals surface area (Å²) in [7, 11) is 1.68. The van der Waals surface area contributed by atoms with Gasteiger partial charge in [-0.3, -0.25) is 4.79 Å². The minimum Gasteiger partial charge on any atom is -0.497 e. The van der Waals surface area contributed by atoms with Crippen molar-refractivity contribution in [2.75, 3.05) is 32.1 Å². The second-order valence-corrected chi connectivity index (χ2v) is 13.2. The van der Waals surface area contributed by atoms with Gasteiger partial charge >= 0.3 is 6.09 Å². The van der Waals surface area contributed by atoms with Crippen molar-refractivity contribution in [1.82, 2.24) is 15.6 Å². The molecule has 248 valence electrons. The molecule has 0 radical (unpaired) electrons. The van der Waals surface area contributed by atoms with E-state index in [0.717, 1.165) is 78.3 Å². The lowest BCUT2D eigenvalue weighted by Crippen LogP contribution is -2.33. The normalized spacial score (nSPS) is 11.5. The third kappa shape index (κ3) is 13.7. The van der Waals surface area contributed by atoms with Crippen molar-refractivity contribution >= 4 is 51.1 Å². The Morgan fingerprint density at radius 3 is 2.04 bits per heavy atom. The van der Waals surface area contributed by atoms with E-state index in [2.05, 4.69) is 16.0 Å². The van der Waals surface area contributed by atoms with Gasteiger partial charge in [-0.15, -0.1) is 0 Å². The molecule has 45 heavy (non-hydrogen) atoms. The number of hydrogen-bond acceptors (Lipinski definition) is 6. The van der Waals surface area contributed by atoms with Gasteiger partial charge < -0.3 is 25.4 Å². The summed E-state index contributed by atoms with van der Waals surface area (Å²) in [4.78, 5) is 28.5. The Morgan fingerprint density at radius 2 is 1.36 bits per heavy atom. The monoisotopic (exact) mass is 640 g/mol. The van der Waals surface area contributed by atoms with Crippen LogP contribution in [0.25, 0.3) is 21.8 Å². The summed E-state index contributed by atoms with van der Waals surface area (Å²) in [6, 6.07) is 11.9. The first-order chi connectivity index (χ1) is 21.7. The number of anilines is 1. The number of rotatable bonds is 20. The molecule has 0 unspecified atom stereocenters. The Balaban J connectivity index is 1.18. The summed E-state index contributed by atoms with van der Waals surface area (Å²) in [5.41, 5.74) is 2.42. The predicted molar refractivity (Wildman–Crippen MR) is 187 cm³/mol. The first kappa shape index (κ1) is 36.2. The van der Waals surface area contributed by atoms with Crippen LogP contribution in [0.3, 0.4) is 0 Å². The Kier molecular flexibility index (Phi) is 15.5. The van der Waals surface area contributed by atoms with E-state index in [9.17, 15) is 9.59 Å². The third-order valence-corrected chi connectivity index (χ3v) is 7.90. The molecule has 0 aliphatic heterocycles. The molecule has 1 heterocycles. The highest BCUT2D eigenvalue weighted by molar-refractivity contribution is 6.31. The molecule has 8 nitrogen and oxygen atoms in total. The molecular weight excluding hydrogens is 588 g/mol. The van der Waals surface area contributed by atoms with Crippen LogP contribution in [0.15, 0.2) is 36.4 Å². The van der Waals surface area contributed by atoms with Gasteiger partial charge in [0.05, 0.1) is 23.8 Å². The molecular formula is C36H53ClN4O4. The molecule has 0 spiro atoms. The van der Waals surface area contributed by atoms with Gasteiger partial charge in [0.25, 0.3) is 0 Å². The second kappa shape index (κ2) is 19.3. The first-order valence-electron chi connectivity index (χ1n) is 16.7. The van der Waals surface area contributed by atoms with Gasteiger partial charge in [0.2, 0.25) is 5.91 Å². The standard InChI is InChI=1S/C36H53ClN4O4/c1-36(2,3)45-35(43)40-24-16-12-15-22-38-33(42)17-13-10-8-6-5-7-9-11-14-23-39-34-29-20-18-27(37)25-32(29)41-31-21-19-28(44-4)26-30(31)34/h18-21,25-26H,5-17,22-24H2,1-4H3,(H,38,42)(H,39,41)(H,40,43). The van der Waals surface area contributed by atoms with Crippen molar-refractivity contribution in [3.8, 4) is 5.75 Å². The van der Waals surface area contributed by atoms with E-state index >= 15 is 0 Å². The lowest BCUT2D eigenvalue weighted by Gasteiger charge is -2.19. The van der Waals surface area contributed by atoms with E-state index in [1.165, 1.54) is 38.5 Å². The molecule has 0 saturated heterocycles. The highest BCUT2D eigenvalue weighted by Gasteiger charge is 2.15. The van der Waals surface area contributed by atoms with Gasteiger partial charge in [0.1, 0.15) is 11.4 Å². The van der Waals surface area contributed by atoms with E-state index in [1.807, 2.05) is 57.2 Å². The van der Waals surface area contributed by atoms with Crippen molar-refractivity contribution in [2.45, 2.75) is 110 Å². The average molecular weight is 641 g/mol. The zero-order valence-corrected chi connectivity index (χ0v) is 28.5. The molecule has 0 aliphatic rings. The van der Waals surface area contributed by atoms with Crippen molar-refractivity contribution in [2.24, 2.45) is 0 Å². The fraction of sp³-hybridized carbons (Fsp3) is 0.583. The zero-order valence-electron chi connectivity index (χ0n) is 27.7. The van der Waals surface area contributed by atoms with Gasteiger partial charge in [-0.1, -0.05) is 56.5 Å². The van der Waals surface area contributed by atoms with Gasteiger partial charge in [-0.2, -0.15) is 0 Å². The highest BCUT2D eigenvalue weighted by Crippen LogP contribution is 2.34. The molecule has 3 aromatic rings. The van der Waals surface area contributed by atoms with E-state index in [0.29, 0.717) is 24.5 Å². The van der Waals surface area contributed by atoms with Crippen LogP contribution in [0.1, 0.15) is 104 Å². The van der Waals surface area contributed by atoms with Gasteiger partial charge in [-0.25, -0.2) is 9.78 Å². The van der Waals surface area contributed by atoms with Crippen LogP contribution in [0.5, 0.6) is 5.75 Å². The summed E-state index contributed by atoms with van der Waals surface area (Å²) in [6.07, 6.45) is 13.5. The number of methoxy groups -OCH3 is 1. The topological polar surface area (TPSA) is 102 Å². The third-order valence-electron chi connectivity index (χ3n) is 7.67. The number of alkyl carbamates (subject to hydrolysis) is 1. The molecule has 0 aliphatic carbocycles. The number of amides is 2. The number of aromatic nitrogens is 1. The first-order valence-corrected chi connectivity index (χ1v) is 17.1. The molecule has 0 atom stereocenters. The van der Waals surface area contributed by atoms with E-state index in [4.69, 9.17) is 26.1 Å². The van der Waals surface area contributed by atoms with Gasteiger partial charge in [0.15, 0.2) is 0 Å². The lowest BCUT2D eigenvalue weighted by molar-refractivity contribution is -0.121. The maximum atomic E-state index is 12.1. The Hall–Kier alpha value is -3.26. The number of benzene rings is 2. The maximum Gasteiger partial charge on any atom is 0.407 e. The van der Waals surface area contributed by atoms with Crippen molar-refractivity contribution in [3.63, 3.8) is 0 Å². The Morgan fingerprint density at radius 1 is 0.733 bits per heavy atom. The highest BCUT2D eigenvalue weighted by atomic mass is 35.5. The molecule has 0 saturated carbocycles. The number of unbranched alkanes of at least 4 members (excludes halogenated alkanes) is 10. The van der Waals surface area contributed by atoms with Crippen molar-refractivity contribution < 1.29 is 19.1 Å². The predicted octanol–water partition coefficient (Wildman–Crippen LogP) is 9.17. The number of nitrogens with one attached hydrogen (secondary N) is 3. The maximum absolute atomic E-state index is 12.1. The summed E-state index contributed by atoms with van der Waals surface area (Å²) in [6.45, 7) is 7.74. The molecule has 2 aromatic carbocycles. The van der Waals surface area contributed by atoms with Crippen molar-refractivity contribution in [3.05, 3.63) is 41.4 Å². The number of ether oxygens (including phenoxy) is 2. The molecule has 3 N–H and O–H groups in total. The number of fused-ring (bicyclic) bond motifs is 2. The van der Waals surface area contributed by atoms with Crippen LogP contribution < -0.4 is 20.7 Å². The minimum absolute atomic E-state index is 0.145. The quantitative estimate of drug-likeness (QED) is 0.0841. The van der Waals surface area contributed by atoms with Crippen LogP contribution in [0.4, 0.5) is 10.5 Å². The van der Waals surface area contributed by atoms with E-state index in [1.54, 1.807) is 7.11 Å². The fourth-order valence-electron chi connectivity index (χ4n) is 5.32. The number of halogens is 1. The van der Waals surface area contributed by atoms with E-state index < -0.39 is 5.60 Å². The molecule has 9 heteroatoms. The van der Waals surface area contributed by atoms with Gasteiger partial charge in [0, 0.05) is 41.9 Å². The number of nitrogens with zero attached hydrogens (tertiary/aromatic N) is 1. The average Bonchev–Trinajstić information content (AvgIpc) is 2.99. The SMILES string of the molecule is COc1ccc2nc3cc(Cl)ccc3c(NCCCCCCCCCCCC(=O)NCCCCCNC(=O)OC(C)(C)C)c2c1. The number of carbonyl (C=O) groups excluding carboxylic acids is 2. The largest absolute Gasteiger partial charge is 0.497 e. The van der Waals surface area contributed by atoms with Crippen molar-refractivity contribution in [1.29, 1.82) is 0 Å². The fourth-order valence-corrected chi connectivity index (χ4v) is 5.49. The smallest absolute Gasteiger partial charge is 0.407 e. The lowest BCUT2D eigenvalue weighted by atomic mass is 10.1. The summed E-state index contributed by atoms with van der Waals surface area (Å²) in [5, 5.41) is 12.3. The van der Waals surface area contributed by atoms with Crippen LogP contribution >= 0.6 is 11.6 Å². The van der Waals surface area contributed by atoms with Crippen LogP contribution in [-0.4, -0.2) is 49.3 Å². The summed E-state index contributed by atoms with van der Waals surface area (Å²) < 4.78 is 10.7. The Labute approximate surface area is 274 Å². The van der Waals surface area contributed by atoms with Crippen LogP contribution in [0.2, 0.25) is 5.02 Å². The van der Waals surface area contributed by atoms with E-state index in [-0.39, 0.29) is 12.0 Å². The number of carbonyl (C=O) groups is 2. The molecule has 3 rings (SSSR count). The molecule has 0 bridgehead atoms. The molecule has 2 amide bonds. The van der Waals surface area contributed by atoms with Crippen LogP contribution in [0, 0.1) is 0 Å². The van der Waals surface area contributed by atoms with Gasteiger partial charge in [-0.05, 0) is 89.3 Å². The van der Waals surface area contributed by atoms with Crippen LogP contribution in [-0.2, 0) is 9.53 Å². The Bertz CT molecular complexity index is 1360. The minimum atomic E-state index is -0.477. The molecule has 0 fully saturated rings. The number of pyridine rings is 1.